The highest BCUT2D eigenvalue weighted by atomic mass is 79.9. The van der Waals surface area contributed by atoms with E-state index >= 15 is 0 Å². The molecule has 0 spiro atoms. The van der Waals surface area contributed by atoms with Crippen LogP contribution in [-0.2, 0) is 9.59 Å². The summed E-state index contributed by atoms with van der Waals surface area (Å²) in [5.74, 6) is -0.452. The third-order valence-electron chi connectivity index (χ3n) is 1.22. The molecular formula is C5H6BrNO2. The van der Waals surface area contributed by atoms with Crippen molar-refractivity contribution in [1.29, 1.82) is 0 Å². The summed E-state index contributed by atoms with van der Waals surface area (Å²) in [6, 6.07) is 0. The lowest BCUT2D eigenvalue weighted by molar-refractivity contribution is -0.125. The zero-order valence-corrected chi connectivity index (χ0v) is 6.49. The molecule has 1 rings (SSSR count). The molecule has 1 atom stereocenters. The number of amides is 2. The minimum absolute atomic E-state index is 0.209. The minimum Gasteiger partial charge on any atom is -0.295 e. The Morgan fingerprint density at radius 2 is 2.22 bits per heavy atom. The number of halogens is 1. The molecule has 0 aromatic rings. The van der Waals surface area contributed by atoms with Crippen LogP contribution in [0.25, 0.3) is 0 Å². The average Bonchev–Trinajstić information content (AvgIpc) is 1.79. The Morgan fingerprint density at radius 3 is 2.33 bits per heavy atom. The van der Waals surface area contributed by atoms with Gasteiger partial charge >= 0.3 is 0 Å². The lowest BCUT2D eigenvalue weighted by Gasteiger charge is -2.06. The van der Waals surface area contributed by atoms with Crippen LogP contribution in [0.4, 0.5) is 0 Å². The molecule has 1 aliphatic rings. The van der Waals surface area contributed by atoms with Gasteiger partial charge in [0.1, 0.15) is 4.32 Å². The summed E-state index contributed by atoms with van der Waals surface area (Å²) < 4.78 is -0.663. The van der Waals surface area contributed by atoms with E-state index in [1.54, 1.807) is 6.92 Å². The minimum atomic E-state index is -0.663. The van der Waals surface area contributed by atoms with E-state index < -0.39 is 4.32 Å². The van der Waals surface area contributed by atoms with Crippen molar-refractivity contribution in [2.24, 2.45) is 0 Å². The molecule has 1 N–H and O–H groups in total. The van der Waals surface area contributed by atoms with Gasteiger partial charge in [-0.1, -0.05) is 15.9 Å². The third-order valence-corrected chi connectivity index (χ3v) is 1.86. The van der Waals surface area contributed by atoms with Gasteiger partial charge in [0.2, 0.25) is 11.8 Å². The van der Waals surface area contributed by atoms with Crippen LogP contribution in [0.15, 0.2) is 0 Å². The Labute approximate surface area is 60.9 Å². The zero-order valence-electron chi connectivity index (χ0n) is 4.90. The maximum atomic E-state index is 10.7. The van der Waals surface area contributed by atoms with Gasteiger partial charge in [0.15, 0.2) is 0 Å². The van der Waals surface area contributed by atoms with Gasteiger partial charge in [-0.05, 0) is 6.92 Å². The highest BCUT2D eigenvalue weighted by molar-refractivity contribution is 9.10. The molecule has 0 bridgehead atoms. The molecule has 0 saturated carbocycles. The van der Waals surface area contributed by atoms with Crippen molar-refractivity contribution in [3.8, 4) is 0 Å². The summed E-state index contributed by atoms with van der Waals surface area (Å²) in [5.41, 5.74) is 0. The van der Waals surface area contributed by atoms with E-state index in [4.69, 9.17) is 0 Å². The van der Waals surface area contributed by atoms with Crippen LogP contribution in [0.2, 0.25) is 0 Å². The van der Waals surface area contributed by atoms with E-state index in [2.05, 4.69) is 21.2 Å². The molecule has 1 saturated heterocycles. The van der Waals surface area contributed by atoms with Crippen molar-refractivity contribution in [1.82, 2.24) is 5.32 Å². The monoisotopic (exact) mass is 191 g/mol. The van der Waals surface area contributed by atoms with Gasteiger partial charge in [0.05, 0.1) is 6.42 Å². The van der Waals surface area contributed by atoms with Crippen molar-refractivity contribution in [3.05, 3.63) is 0 Å². The number of carbonyl (C=O) groups excluding carboxylic acids is 2. The van der Waals surface area contributed by atoms with Gasteiger partial charge in [0.25, 0.3) is 0 Å². The highest BCUT2D eigenvalue weighted by Crippen LogP contribution is 2.25. The summed E-state index contributed by atoms with van der Waals surface area (Å²) in [6.07, 6.45) is 0.242. The average molecular weight is 192 g/mol. The van der Waals surface area contributed by atoms with Gasteiger partial charge in [-0.15, -0.1) is 0 Å². The Kier molecular flexibility index (Phi) is 1.35. The van der Waals surface area contributed by atoms with Crippen LogP contribution < -0.4 is 5.32 Å². The Morgan fingerprint density at radius 1 is 1.67 bits per heavy atom. The fourth-order valence-corrected chi connectivity index (χ4v) is 1.04. The molecule has 9 heavy (non-hydrogen) atoms. The van der Waals surface area contributed by atoms with Crippen molar-refractivity contribution < 1.29 is 9.59 Å². The summed E-state index contributed by atoms with van der Waals surface area (Å²) in [7, 11) is 0. The van der Waals surface area contributed by atoms with Gasteiger partial charge in [0, 0.05) is 0 Å². The molecule has 3 nitrogen and oxygen atoms in total. The summed E-state index contributed by atoms with van der Waals surface area (Å²) >= 11 is 3.12. The molecule has 1 aliphatic heterocycles. The lowest BCUT2D eigenvalue weighted by atomic mass is 10.1. The number of hydrogen-bond donors (Lipinski definition) is 1. The van der Waals surface area contributed by atoms with E-state index in [-0.39, 0.29) is 18.2 Å². The molecule has 0 aromatic carbocycles. The number of alkyl halides is 1. The third kappa shape index (κ3) is 1.13. The maximum Gasteiger partial charge on any atom is 0.243 e. The van der Waals surface area contributed by atoms with E-state index in [1.807, 2.05) is 0 Å². The summed E-state index contributed by atoms with van der Waals surface area (Å²) in [5, 5.41) is 2.18. The molecule has 4 heteroatoms. The normalized spacial score (nSPS) is 34.9. The standard InChI is InChI=1S/C5H6BrNO2/c1-5(6)2-3(8)7-4(5)9/h2H2,1H3,(H,7,8,9). The first-order valence-electron chi connectivity index (χ1n) is 2.55. The van der Waals surface area contributed by atoms with Crippen molar-refractivity contribution in [3.63, 3.8) is 0 Å². The molecule has 0 aliphatic carbocycles. The van der Waals surface area contributed by atoms with Gasteiger partial charge in [-0.25, -0.2) is 0 Å². The number of carbonyl (C=O) groups is 2. The van der Waals surface area contributed by atoms with Crippen molar-refractivity contribution in [2.75, 3.05) is 0 Å². The molecular weight excluding hydrogens is 186 g/mol. The van der Waals surface area contributed by atoms with Crippen molar-refractivity contribution in [2.45, 2.75) is 17.7 Å². The number of hydrogen-bond acceptors (Lipinski definition) is 2. The van der Waals surface area contributed by atoms with E-state index in [1.165, 1.54) is 0 Å². The molecule has 2 amide bonds. The van der Waals surface area contributed by atoms with Crippen LogP contribution in [-0.4, -0.2) is 16.1 Å². The molecule has 1 heterocycles. The number of imide groups is 1. The Balaban J connectivity index is 2.81. The van der Waals surface area contributed by atoms with Crippen molar-refractivity contribution >= 4 is 27.7 Å². The topological polar surface area (TPSA) is 46.2 Å². The second-order valence-electron chi connectivity index (χ2n) is 2.25. The van der Waals surface area contributed by atoms with Gasteiger partial charge in [-0.2, -0.15) is 0 Å². The second-order valence-corrected chi connectivity index (χ2v) is 4.00. The SMILES string of the molecule is CC1(Br)CC(=O)NC1=O. The smallest absolute Gasteiger partial charge is 0.243 e. The first-order valence-corrected chi connectivity index (χ1v) is 3.35. The van der Waals surface area contributed by atoms with Crippen LogP contribution in [0.1, 0.15) is 13.3 Å². The second kappa shape index (κ2) is 1.80. The predicted octanol–water partition coefficient (Wildman–Crippen LogP) is 0.186. The van der Waals surface area contributed by atoms with Crippen LogP contribution in [0.3, 0.4) is 0 Å². The first-order chi connectivity index (χ1) is 4.02. The first kappa shape index (κ1) is 6.74. The molecule has 50 valence electrons. The van der Waals surface area contributed by atoms with Crippen LogP contribution in [0.5, 0.6) is 0 Å². The van der Waals surface area contributed by atoms with Crippen LogP contribution >= 0.6 is 15.9 Å². The largest absolute Gasteiger partial charge is 0.295 e. The lowest BCUT2D eigenvalue weighted by Crippen LogP contribution is -2.28. The zero-order chi connectivity index (χ0) is 7.07. The summed E-state index contributed by atoms with van der Waals surface area (Å²) in [4.78, 5) is 21.2. The number of rotatable bonds is 0. The number of nitrogens with one attached hydrogen (secondary N) is 1. The van der Waals surface area contributed by atoms with E-state index in [9.17, 15) is 9.59 Å². The highest BCUT2D eigenvalue weighted by Gasteiger charge is 2.39. The van der Waals surface area contributed by atoms with E-state index in [0.29, 0.717) is 0 Å². The van der Waals surface area contributed by atoms with Gasteiger partial charge < -0.3 is 0 Å². The van der Waals surface area contributed by atoms with Crippen LogP contribution in [0, 0.1) is 0 Å². The maximum absolute atomic E-state index is 10.7. The molecule has 0 radical (unpaired) electrons. The fraction of sp³-hybridized carbons (Fsp3) is 0.600. The van der Waals surface area contributed by atoms with Gasteiger partial charge in [-0.3, -0.25) is 14.9 Å². The Bertz CT molecular complexity index is 176. The Hall–Kier alpha value is -0.380. The molecule has 1 fully saturated rings. The predicted molar refractivity (Wildman–Crippen MR) is 35.1 cm³/mol. The quantitative estimate of drug-likeness (QED) is 0.439. The van der Waals surface area contributed by atoms with E-state index in [0.717, 1.165) is 0 Å². The summed E-state index contributed by atoms with van der Waals surface area (Å²) in [6.45, 7) is 1.67. The fourth-order valence-electron chi connectivity index (χ4n) is 0.683. The molecule has 1 unspecified atom stereocenters. The molecule has 0 aromatic heterocycles.